The van der Waals surface area contributed by atoms with E-state index in [1.165, 1.54) is 5.56 Å². The van der Waals surface area contributed by atoms with Gasteiger partial charge in [0.1, 0.15) is 0 Å². The summed E-state index contributed by atoms with van der Waals surface area (Å²) < 4.78 is 5.42. The third-order valence-corrected chi connectivity index (χ3v) is 4.61. The van der Waals surface area contributed by atoms with Gasteiger partial charge in [-0.3, -0.25) is 4.79 Å². The molecule has 1 amide bonds. The third kappa shape index (κ3) is 3.05. The van der Waals surface area contributed by atoms with Gasteiger partial charge in [-0.15, -0.1) is 0 Å². The van der Waals surface area contributed by atoms with Gasteiger partial charge in [-0.05, 0) is 36.2 Å². The number of hydrogen-bond acceptors (Lipinski definition) is 4. The Labute approximate surface area is 146 Å². The van der Waals surface area contributed by atoms with Crippen LogP contribution in [0.2, 0.25) is 0 Å². The van der Waals surface area contributed by atoms with Gasteiger partial charge >= 0.3 is 0 Å². The monoisotopic (exact) mass is 333 g/mol. The maximum atomic E-state index is 12.3. The van der Waals surface area contributed by atoms with Crippen LogP contribution in [0.15, 0.2) is 59.1 Å². The van der Waals surface area contributed by atoms with Gasteiger partial charge < -0.3 is 9.42 Å². The van der Waals surface area contributed by atoms with E-state index in [2.05, 4.69) is 29.2 Å². The molecule has 0 N–H and O–H groups in total. The molecule has 25 heavy (non-hydrogen) atoms. The molecule has 3 aromatic rings. The fourth-order valence-corrected chi connectivity index (χ4v) is 3.14. The molecule has 1 unspecified atom stereocenters. The molecule has 4 rings (SSSR count). The number of para-hydroxylation sites is 1. The maximum absolute atomic E-state index is 12.3. The number of benzene rings is 2. The zero-order valence-corrected chi connectivity index (χ0v) is 14.1. The van der Waals surface area contributed by atoms with Crippen molar-refractivity contribution < 1.29 is 9.32 Å². The Hall–Kier alpha value is -2.95. The minimum atomic E-state index is -0.0416. The molecule has 5 heteroatoms. The lowest BCUT2D eigenvalue weighted by molar-refractivity contribution is -0.117. The van der Waals surface area contributed by atoms with Crippen LogP contribution in [0.4, 0.5) is 5.69 Å². The van der Waals surface area contributed by atoms with E-state index in [-0.39, 0.29) is 11.8 Å². The number of anilines is 1. The summed E-state index contributed by atoms with van der Waals surface area (Å²) in [6, 6.07) is 17.8. The molecule has 0 spiro atoms. The Kier molecular flexibility index (Phi) is 4.06. The molecule has 0 bridgehead atoms. The number of carbonyl (C=O) groups excluding carboxylic acids is 1. The highest BCUT2D eigenvalue weighted by Gasteiger charge is 2.34. The Morgan fingerprint density at radius 1 is 1.12 bits per heavy atom. The van der Waals surface area contributed by atoms with Gasteiger partial charge in [0, 0.05) is 30.1 Å². The van der Waals surface area contributed by atoms with E-state index < -0.39 is 0 Å². The molecule has 126 valence electrons. The highest BCUT2D eigenvalue weighted by Crippen LogP contribution is 2.31. The van der Waals surface area contributed by atoms with Crippen LogP contribution in [0.5, 0.6) is 0 Å². The van der Waals surface area contributed by atoms with E-state index in [1.54, 1.807) is 4.90 Å². The van der Waals surface area contributed by atoms with E-state index in [4.69, 9.17) is 4.52 Å². The van der Waals surface area contributed by atoms with Crippen LogP contribution in [0.3, 0.4) is 0 Å². The number of nitrogens with zero attached hydrogens (tertiary/aromatic N) is 3. The summed E-state index contributed by atoms with van der Waals surface area (Å²) >= 11 is 0. The lowest BCUT2D eigenvalue weighted by Gasteiger charge is -2.15. The quantitative estimate of drug-likeness (QED) is 0.728. The van der Waals surface area contributed by atoms with E-state index in [0.717, 1.165) is 17.7 Å². The molecule has 5 nitrogen and oxygen atoms in total. The lowest BCUT2D eigenvalue weighted by Crippen LogP contribution is -2.24. The van der Waals surface area contributed by atoms with Crippen LogP contribution in [0.25, 0.3) is 11.5 Å². The molecule has 0 saturated carbocycles. The van der Waals surface area contributed by atoms with Gasteiger partial charge in [0.25, 0.3) is 5.89 Å². The van der Waals surface area contributed by atoms with Crippen LogP contribution < -0.4 is 4.90 Å². The Balaban J connectivity index is 1.53. The van der Waals surface area contributed by atoms with Crippen molar-refractivity contribution in [3.05, 3.63) is 66.0 Å². The maximum Gasteiger partial charge on any atom is 0.257 e. The summed E-state index contributed by atoms with van der Waals surface area (Å²) in [6.45, 7) is 2.70. The number of hydrogen-bond donors (Lipinski definition) is 0. The van der Waals surface area contributed by atoms with Crippen molar-refractivity contribution in [2.45, 2.75) is 25.7 Å². The van der Waals surface area contributed by atoms with Gasteiger partial charge in [-0.2, -0.15) is 4.98 Å². The Morgan fingerprint density at radius 3 is 2.60 bits per heavy atom. The molecule has 2 aromatic carbocycles. The lowest BCUT2D eigenvalue weighted by atomic mass is 10.1. The SMILES string of the molecule is CCc1ccc(-c2nc(C3CC(=O)N(c4ccccc4)C3)no2)cc1. The van der Waals surface area contributed by atoms with Crippen molar-refractivity contribution in [2.75, 3.05) is 11.4 Å². The minimum absolute atomic E-state index is 0.0416. The number of amides is 1. The summed E-state index contributed by atoms with van der Waals surface area (Å²) in [7, 11) is 0. The van der Waals surface area contributed by atoms with Gasteiger partial charge in [0.15, 0.2) is 5.82 Å². The first-order valence-corrected chi connectivity index (χ1v) is 8.53. The molecule has 1 fully saturated rings. The number of rotatable bonds is 4. The van der Waals surface area contributed by atoms with E-state index >= 15 is 0 Å². The van der Waals surface area contributed by atoms with Gasteiger partial charge in [0.2, 0.25) is 5.91 Å². The number of aromatic nitrogens is 2. The molecule has 2 heterocycles. The van der Waals surface area contributed by atoms with Gasteiger partial charge in [-0.1, -0.05) is 42.4 Å². The van der Waals surface area contributed by atoms with Crippen molar-refractivity contribution >= 4 is 11.6 Å². The topological polar surface area (TPSA) is 59.2 Å². The molecule has 1 aliphatic rings. The van der Waals surface area contributed by atoms with Crippen LogP contribution in [-0.4, -0.2) is 22.6 Å². The molecule has 1 aliphatic heterocycles. The highest BCUT2D eigenvalue weighted by atomic mass is 16.5. The normalized spacial score (nSPS) is 17.2. The largest absolute Gasteiger partial charge is 0.334 e. The van der Waals surface area contributed by atoms with Crippen LogP contribution >= 0.6 is 0 Å². The summed E-state index contributed by atoms with van der Waals surface area (Å²) in [5, 5.41) is 4.11. The third-order valence-electron chi connectivity index (χ3n) is 4.61. The van der Waals surface area contributed by atoms with Crippen LogP contribution in [0.1, 0.15) is 30.7 Å². The highest BCUT2D eigenvalue weighted by molar-refractivity contribution is 5.96. The summed E-state index contributed by atoms with van der Waals surface area (Å²) in [5.41, 5.74) is 3.08. The smallest absolute Gasteiger partial charge is 0.257 e. The van der Waals surface area contributed by atoms with Crippen molar-refractivity contribution in [1.29, 1.82) is 0 Å². The molecule has 0 radical (unpaired) electrons. The number of carbonyl (C=O) groups is 1. The van der Waals surface area contributed by atoms with Crippen molar-refractivity contribution in [2.24, 2.45) is 0 Å². The molecule has 1 aromatic heterocycles. The van der Waals surface area contributed by atoms with Gasteiger partial charge in [0.05, 0.1) is 0 Å². The Morgan fingerprint density at radius 2 is 1.88 bits per heavy atom. The fraction of sp³-hybridized carbons (Fsp3) is 0.250. The van der Waals surface area contributed by atoms with E-state index in [0.29, 0.717) is 24.7 Å². The van der Waals surface area contributed by atoms with E-state index in [9.17, 15) is 4.79 Å². The predicted octanol–water partition coefficient (Wildman–Crippen LogP) is 3.82. The van der Waals surface area contributed by atoms with E-state index in [1.807, 2.05) is 42.5 Å². The molecule has 1 saturated heterocycles. The predicted molar refractivity (Wildman–Crippen MR) is 95.3 cm³/mol. The standard InChI is InChI=1S/C20H19N3O2/c1-2-14-8-10-15(11-9-14)20-21-19(22-25-20)16-12-18(24)23(13-16)17-6-4-3-5-7-17/h3-11,16H,2,12-13H2,1H3. The van der Waals surface area contributed by atoms with Gasteiger partial charge in [-0.25, -0.2) is 0 Å². The first-order valence-electron chi connectivity index (χ1n) is 8.53. The zero-order valence-electron chi connectivity index (χ0n) is 14.1. The summed E-state index contributed by atoms with van der Waals surface area (Å²) in [4.78, 5) is 18.7. The van der Waals surface area contributed by atoms with Crippen molar-refractivity contribution in [3.63, 3.8) is 0 Å². The second-order valence-electron chi connectivity index (χ2n) is 6.25. The molecule has 1 atom stereocenters. The van der Waals surface area contributed by atoms with Crippen molar-refractivity contribution in [3.8, 4) is 11.5 Å². The average molecular weight is 333 g/mol. The zero-order chi connectivity index (χ0) is 17.2. The average Bonchev–Trinajstić information content (AvgIpc) is 3.29. The molecular weight excluding hydrogens is 314 g/mol. The Bertz CT molecular complexity index is 871. The second-order valence-corrected chi connectivity index (χ2v) is 6.25. The summed E-state index contributed by atoms with van der Waals surface area (Å²) in [6.07, 6.45) is 1.40. The molecular formula is C20H19N3O2. The van der Waals surface area contributed by atoms with Crippen LogP contribution in [0, 0.1) is 0 Å². The first kappa shape index (κ1) is 15.6. The summed E-state index contributed by atoms with van der Waals surface area (Å²) in [5.74, 6) is 1.15. The minimum Gasteiger partial charge on any atom is -0.334 e. The first-order chi connectivity index (χ1) is 12.2. The van der Waals surface area contributed by atoms with Crippen molar-refractivity contribution in [1.82, 2.24) is 10.1 Å². The second kappa shape index (κ2) is 6.51. The molecule has 0 aliphatic carbocycles. The number of aryl methyl sites for hydroxylation is 1. The fourth-order valence-electron chi connectivity index (χ4n) is 3.14. The van der Waals surface area contributed by atoms with Crippen LogP contribution in [-0.2, 0) is 11.2 Å².